The zero-order valence-electron chi connectivity index (χ0n) is 9.79. The van der Waals surface area contributed by atoms with Gasteiger partial charge >= 0.3 is 0 Å². The van der Waals surface area contributed by atoms with E-state index >= 15 is 0 Å². The first-order valence-electron chi connectivity index (χ1n) is 5.95. The first-order chi connectivity index (χ1) is 7.17. The monoisotopic (exact) mass is 211 g/mol. The van der Waals surface area contributed by atoms with Crippen LogP contribution in [0.5, 0.6) is 0 Å². The largest absolute Gasteiger partial charge is 0.362 e. The lowest BCUT2D eigenvalue weighted by molar-refractivity contribution is -0.159. The second-order valence-electron chi connectivity index (χ2n) is 5.14. The molecule has 1 saturated heterocycles. The van der Waals surface area contributed by atoms with Crippen molar-refractivity contribution in [3.63, 3.8) is 0 Å². The number of ether oxygens (including phenoxy) is 1. The number of rotatable bonds is 1. The minimum atomic E-state index is 0.00403. The van der Waals surface area contributed by atoms with Gasteiger partial charge in [-0.3, -0.25) is 4.79 Å². The van der Waals surface area contributed by atoms with Crippen LogP contribution in [0.2, 0.25) is 0 Å². The van der Waals surface area contributed by atoms with Crippen molar-refractivity contribution in [3.8, 4) is 0 Å². The normalized spacial score (nSPS) is 30.9. The smallest absolute Gasteiger partial charge is 0.224 e. The molecule has 0 aromatic heterocycles. The van der Waals surface area contributed by atoms with Crippen molar-refractivity contribution in [2.45, 2.75) is 51.2 Å². The molecular weight excluding hydrogens is 190 g/mol. The number of amides is 1. The fourth-order valence-corrected chi connectivity index (χ4v) is 3.11. The Morgan fingerprint density at radius 2 is 2.00 bits per heavy atom. The molecule has 0 bridgehead atoms. The molecule has 3 nitrogen and oxygen atoms in total. The molecule has 2 aliphatic rings. The molecule has 2 rings (SSSR count). The Balaban J connectivity index is 2.11. The summed E-state index contributed by atoms with van der Waals surface area (Å²) in [4.78, 5) is 13.6. The molecule has 0 aromatic carbocycles. The molecule has 0 N–H and O–H groups in total. The predicted octanol–water partition coefficient (Wildman–Crippen LogP) is 2.16. The van der Waals surface area contributed by atoms with Crippen molar-refractivity contribution in [1.82, 2.24) is 4.90 Å². The fraction of sp³-hybridized carbons (Fsp3) is 0.917. The molecule has 1 aliphatic heterocycles. The van der Waals surface area contributed by atoms with Gasteiger partial charge in [0.1, 0.15) is 6.23 Å². The summed E-state index contributed by atoms with van der Waals surface area (Å²) >= 11 is 0. The van der Waals surface area contributed by atoms with Crippen molar-refractivity contribution in [1.29, 1.82) is 0 Å². The van der Waals surface area contributed by atoms with Gasteiger partial charge < -0.3 is 9.64 Å². The standard InChI is InChI=1S/C12H21NO2/c1-13-10(14)8-12(9-11(13)15-2)6-4-3-5-7-12/h11H,3-9H2,1-2H3. The summed E-state index contributed by atoms with van der Waals surface area (Å²) in [5.41, 5.74) is 0.266. The predicted molar refractivity (Wildman–Crippen MR) is 58.3 cm³/mol. The van der Waals surface area contributed by atoms with Crippen LogP contribution in [0.3, 0.4) is 0 Å². The minimum Gasteiger partial charge on any atom is -0.362 e. The maximum Gasteiger partial charge on any atom is 0.224 e. The van der Waals surface area contributed by atoms with Crippen molar-refractivity contribution in [2.75, 3.05) is 14.2 Å². The van der Waals surface area contributed by atoms with Gasteiger partial charge in [-0.2, -0.15) is 0 Å². The number of carbonyl (C=O) groups excluding carboxylic acids is 1. The lowest BCUT2D eigenvalue weighted by atomic mass is 9.67. The van der Waals surface area contributed by atoms with E-state index < -0.39 is 0 Å². The van der Waals surface area contributed by atoms with E-state index in [1.807, 2.05) is 7.05 Å². The van der Waals surface area contributed by atoms with E-state index in [1.54, 1.807) is 12.0 Å². The zero-order valence-corrected chi connectivity index (χ0v) is 9.79. The SMILES string of the molecule is COC1CC2(CCCCC2)CC(=O)N1C. The molecule has 0 aromatic rings. The van der Waals surface area contributed by atoms with Gasteiger partial charge in [0.05, 0.1) is 0 Å². The summed E-state index contributed by atoms with van der Waals surface area (Å²) in [6.07, 6.45) is 8.11. The van der Waals surface area contributed by atoms with Crippen LogP contribution < -0.4 is 0 Å². The molecule has 1 heterocycles. The number of piperidine rings is 1. The third-order valence-corrected chi connectivity index (χ3v) is 4.15. The van der Waals surface area contributed by atoms with E-state index in [9.17, 15) is 4.79 Å². The summed E-state index contributed by atoms with van der Waals surface area (Å²) in [6, 6.07) is 0. The van der Waals surface area contributed by atoms with E-state index in [0.29, 0.717) is 0 Å². The molecule has 86 valence electrons. The maximum absolute atomic E-state index is 11.9. The Hall–Kier alpha value is -0.570. The minimum absolute atomic E-state index is 0.00403. The van der Waals surface area contributed by atoms with Gasteiger partial charge in [0, 0.05) is 20.6 Å². The number of likely N-dealkylation sites (tertiary alicyclic amines) is 1. The maximum atomic E-state index is 11.9. The van der Waals surface area contributed by atoms with Crippen LogP contribution in [-0.2, 0) is 9.53 Å². The van der Waals surface area contributed by atoms with E-state index in [1.165, 1.54) is 32.1 Å². The highest BCUT2D eigenvalue weighted by molar-refractivity contribution is 5.77. The number of methoxy groups -OCH3 is 1. The quantitative estimate of drug-likeness (QED) is 0.665. The van der Waals surface area contributed by atoms with Crippen LogP contribution >= 0.6 is 0 Å². The van der Waals surface area contributed by atoms with Crippen LogP contribution in [0.25, 0.3) is 0 Å². The Morgan fingerprint density at radius 1 is 1.33 bits per heavy atom. The van der Waals surface area contributed by atoms with E-state index in [4.69, 9.17) is 4.74 Å². The first kappa shape index (κ1) is 10.9. The number of nitrogens with zero attached hydrogens (tertiary/aromatic N) is 1. The number of hydrogen-bond acceptors (Lipinski definition) is 2. The van der Waals surface area contributed by atoms with Crippen LogP contribution in [0, 0.1) is 5.41 Å². The Labute approximate surface area is 91.8 Å². The Kier molecular flexibility index (Phi) is 3.01. The molecule has 1 amide bonds. The van der Waals surface area contributed by atoms with Gasteiger partial charge in [-0.1, -0.05) is 19.3 Å². The molecular formula is C12H21NO2. The molecule has 1 spiro atoms. The summed E-state index contributed by atoms with van der Waals surface area (Å²) in [5.74, 6) is 0.259. The second-order valence-corrected chi connectivity index (χ2v) is 5.14. The molecule has 1 aliphatic carbocycles. The van der Waals surface area contributed by atoms with E-state index in [0.717, 1.165) is 12.8 Å². The van der Waals surface area contributed by atoms with Crippen LogP contribution in [0.1, 0.15) is 44.9 Å². The molecule has 15 heavy (non-hydrogen) atoms. The second kappa shape index (κ2) is 4.12. The molecule has 1 saturated carbocycles. The molecule has 2 fully saturated rings. The van der Waals surface area contributed by atoms with Gasteiger partial charge in [0.2, 0.25) is 5.91 Å². The lowest BCUT2D eigenvalue weighted by Crippen LogP contribution is -2.50. The highest BCUT2D eigenvalue weighted by Gasteiger charge is 2.43. The molecule has 1 unspecified atom stereocenters. The first-order valence-corrected chi connectivity index (χ1v) is 5.95. The fourth-order valence-electron chi connectivity index (χ4n) is 3.11. The summed E-state index contributed by atoms with van der Waals surface area (Å²) < 4.78 is 5.41. The zero-order chi connectivity index (χ0) is 10.9. The Bertz CT molecular complexity index is 246. The average Bonchev–Trinajstić information content (AvgIpc) is 2.25. The van der Waals surface area contributed by atoms with Gasteiger partial charge in [-0.25, -0.2) is 0 Å². The third-order valence-electron chi connectivity index (χ3n) is 4.15. The van der Waals surface area contributed by atoms with Crippen molar-refractivity contribution < 1.29 is 9.53 Å². The van der Waals surface area contributed by atoms with Crippen molar-refractivity contribution >= 4 is 5.91 Å². The highest BCUT2D eigenvalue weighted by atomic mass is 16.5. The highest BCUT2D eigenvalue weighted by Crippen LogP contribution is 2.46. The lowest BCUT2D eigenvalue weighted by Gasteiger charge is -2.46. The topological polar surface area (TPSA) is 29.5 Å². The summed E-state index contributed by atoms with van der Waals surface area (Å²) in [5, 5.41) is 0. The van der Waals surface area contributed by atoms with E-state index in [2.05, 4.69) is 0 Å². The van der Waals surface area contributed by atoms with Gasteiger partial charge in [-0.15, -0.1) is 0 Å². The molecule has 1 atom stereocenters. The van der Waals surface area contributed by atoms with Gasteiger partial charge in [0.25, 0.3) is 0 Å². The number of carbonyl (C=O) groups is 1. The summed E-state index contributed by atoms with van der Waals surface area (Å²) in [7, 11) is 3.56. The van der Waals surface area contributed by atoms with Crippen LogP contribution in [-0.4, -0.2) is 31.2 Å². The van der Waals surface area contributed by atoms with Crippen molar-refractivity contribution in [3.05, 3.63) is 0 Å². The van der Waals surface area contributed by atoms with Gasteiger partial charge in [-0.05, 0) is 24.7 Å². The average molecular weight is 211 g/mol. The summed E-state index contributed by atoms with van der Waals surface area (Å²) in [6.45, 7) is 0. The van der Waals surface area contributed by atoms with Gasteiger partial charge in [0.15, 0.2) is 0 Å². The molecule has 0 radical (unpaired) electrons. The number of hydrogen-bond donors (Lipinski definition) is 0. The third kappa shape index (κ3) is 2.03. The van der Waals surface area contributed by atoms with Crippen LogP contribution in [0.4, 0.5) is 0 Å². The Morgan fingerprint density at radius 3 is 2.60 bits per heavy atom. The van der Waals surface area contributed by atoms with Crippen molar-refractivity contribution in [2.24, 2.45) is 5.41 Å². The molecule has 3 heteroatoms. The van der Waals surface area contributed by atoms with E-state index in [-0.39, 0.29) is 17.6 Å². The van der Waals surface area contributed by atoms with Crippen LogP contribution in [0.15, 0.2) is 0 Å².